The maximum absolute atomic E-state index is 11.7. The van der Waals surface area contributed by atoms with Crippen LogP contribution in [0.2, 0.25) is 0 Å². The molecule has 1 heterocycles. The summed E-state index contributed by atoms with van der Waals surface area (Å²) < 4.78 is 35.0. The Kier molecular flexibility index (Phi) is 3.56. The van der Waals surface area contributed by atoms with Gasteiger partial charge in [-0.2, -0.15) is 13.2 Å². The fourth-order valence-electron chi connectivity index (χ4n) is 1.19. The lowest BCUT2D eigenvalue weighted by atomic mass is 10.3. The molecule has 0 aromatic heterocycles. The molecule has 0 aliphatic carbocycles. The Morgan fingerprint density at radius 3 is 2.71 bits per heavy atom. The highest BCUT2D eigenvalue weighted by Gasteiger charge is 2.28. The Labute approximate surface area is 79.2 Å². The molecule has 1 atom stereocenters. The SMILES string of the molecule is O=C(NCC(F)(F)F)N[C@H]1CCNC1. The minimum absolute atomic E-state index is 0.0665. The zero-order valence-corrected chi connectivity index (χ0v) is 7.45. The fraction of sp³-hybridized carbons (Fsp3) is 0.857. The van der Waals surface area contributed by atoms with Crippen LogP contribution in [0.4, 0.5) is 18.0 Å². The van der Waals surface area contributed by atoms with E-state index >= 15 is 0 Å². The summed E-state index contributed by atoms with van der Waals surface area (Å²) in [7, 11) is 0. The average Bonchev–Trinajstić information content (AvgIpc) is 2.52. The van der Waals surface area contributed by atoms with Gasteiger partial charge in [-0.3, -0.25) is 0 Å². The van der Waals surface area contributed by atoms with E-state index in [4.69, 9.17) is 0 Å². The highest BCUT2D eigenvalue weighted by atomic mass is 19.4. The first-order valence-electron chi connectivity index (χ1n) is 4.29. The molecule has 1 aliphatic rings. The molecule has 1 aliphatic heterocycles. The normalized spacial score (nSPS) is 22.1. The highest BCUT2D eigenvalue weighted by molar-refractivity contribution is 5.74. The lowest BCUT2D eigenvalue weighted by Gasteiger charge is -2.13. The first-order chi connectivity index (χ1) is 6.47. The van der Waals surface area contributed by atoms with Crippen LogP contribution in [-0.4, -0.2) is 37.9 Å². The Hall–Kier alpha value is -0.980. The zero-order valence-electron chi connectivity index (χ0n) is 7.45. The molecule has 1 saturated heterocycles. The van der Waals surface area contributed by atoms with Crippen LogP contribution < -0.4 is 16.0 Å². The summed E-state index contributed by atoms with van der Waals surface area (Å²) in [5.74, 6) is 0. The predicted octanol–water partition coefficient (Wildman–Crippen LogP) is 0.210. The number of alkyl halides is 3. The summed E-state index contributed by atoms with van der Waals surface area (Å²) >= 11 is 0. The lowest BCUT2D eigenvalue weighted by Crippen LogP contribution is -2.45. The first-order valence-corrected chi connectivity index (χ1v) is 4.29. The molecule has 14 heavy (non-hydrogen) atoms. The van der Waals surface area contributed by atoms with Crippen molar-refractivity contribution in [2.45, 2.75) is 18.6 Å². The van der Waals surface area contributed by atoms with Gasteiger partial charge >= 0.3 is 12.2 Å². The Morgan fingerprint density at radius 1 is 1.50 bits per heavy atom. The van der Waals surface area contributed by atoms with E-state index in [2.05, 4.69) is 10.6 Å². The van der Waals surface area contributed by atoms with Crippen LogP contribution in [0.25, 0.3) is 0 Å². The Morgan fingerprint density at radius 2 is 2.21 bits per heavy atom. The van der Waals surface area contributed by atoms with Crippen molar-refractivity contribution in [3.05, 3.63) is 0 Å². The van der Waals surface area contributed by atoms with Gasteiger partial charge in [0.1, 0.15) is 6.54 Å². The quantitative estimate of drug-likeness (QED) is 0.611. The van der Waals surface area contributed by atoms with E-state index in [9.17, 15) is 18.0 Å². The predicted molar refractivity (Wildman–Crippen MR) is 43.9 cm³/mol. The van der Waals surface area contributed by atoms with Crippen molar-refractivity contribution in [1.82, 2.24) is 16.0 Å². The monoisotopic (exact) mass is 211 g/mol. The summed E-state index contributed by atoms with van der Waals surface area (Å²) in [6.45, 7) is 0.0998. The van der Waals surface area contributed by atoms with Crippen molar-refractivity contribution in [3.8, 4) is 0 Å². The maximum Gasteiger partial charge on any atom is 0.405 e. The van der Waals surface area contributed by atoms with E-state index in [1.807, 2.05) is 0 Å². The molecule has 0 saturated carbocycles. The fourth-order valence-corrected chi connectivity index (χ4v) is 1.19. The number of rotatable bonds is 2. The molecule has 0 bridgehead atoms. The molecule has 2 amide bonds. The van der Waals surface area contributed by atoms with Gasteiger partial charge in [0.2, 0.25) is 0 Å². The van der Waals surface area contributed by atoms with Crippen LogP contribution >= 0.6 is 0 Å². The third-order valence-corrected chi connectivity index (χ3v) is 1.84. The van der Waals surface area contributed by atoms with Crippen molar-refractivity contribution in [2.75, 3.05) is 19.6 Å². The molecule has 0 aromatic rings. The lowest BCUT2D eigenvalue weighted by molar-refractivity contribution is -0.122. The second-order valence-electron chi connectivity index (χ2n) is 3.13. The van der Waals surface area contributed by atoms with Crippen LogP contribution in [0.3, 0.4) is 0 Å². The third kappa shape index (κ3) is 4.31. The van der Waals surface area contributed by atoms with Gasteiger partial charge in [0.15, 0.2) is 0 Å². The third-order valence-electron chi connectivity index (χ3n) is 1.84. The van der Waals surface area contributed by atoms with Crippen molar-refractivity contribution in [1.29, 1.82) is 0 Å². The van der Waals surface area contributed by atoms with Gasteiger partial charge in [0, 0.05) is 12.6 Å². The summed E-state index contributed by atoms with van der Waals surface area (Å²) in [6, 6.07) is -0.834. The van der Waals surface area contributed by atoms with Crippen molar-refractivity contribution in [3.63, 3.8) is 0 Å². The molecular weight excluding hydrogens is 199 g/mol. The van der Waals surface area contributed by atoms with E-state index in [1.165, 1.54) is 0 Å². The van der Waals surface area contributed by atoms with E-state index in [0.29, 0.717) is 6.54 Å². The average molecular weight is 211 g/mol. The van der Waals surface area contributed by atoms with Crippen LogP contribution in [0.1, 0.15) is 6.42 Å². The number of nitrogens with one attached hydrogen (secondary N) is 3. The molecule has 0 spiro atoms. The molecule has 0 aromatic carbocycles. The molecule has 1 rings (SSSR count). The molecule has 82 valence electrons. The highest BCUT2D eigenvalue weighted by Crippen LogP contribution is 2.11. The minimum Gasteiger partial charge on any atom is -0.334 e. The molecular formula is C7H12F3N3O. The van der Waals surface area contributed by atoms with E-state index < -0.39 is 18.8 Å². The van der Waals surface area contributed by atoms with Gasteiger partial charge in [0.25, 0.3) is 0 Å². The van der Waals surface area contributed by atoms with Gasteiger partial charge in [-0.05, 0) is 13.0 Å². The van der Waals surface area contributed by atoms with Crippen LogP contribution in [0.15, 0.2) is 0 Å². The number of hydrogen-bond acceptors (Lipinski definition) is 2. The van der Waals surface area contributed by atoms with E-state index in [1.54, 1.807) is 5.32 Å². The van der Waals surface area contributed by atoms with Gasteiger partial charge in [-0.25, -0.2) is 4.79 Å². The topological polar surface area (TPSA) is 53.2 Å². The Balaban J connectivity index is 2.15. The molecule has 1 fully saturated rings. The number of halogens is 3. The van der Waals surface area contributed by atoms with Crippen LogP contribution in [-0.2, 0) is 0 Å². The molecule has 0 unspecified atom stereocenters. The van der Waals surface area contributed by atoms with Crippen molar-refractivity contribution in [2.24, 2.45) is 0 Å². The molecule has 0 radical (unpaired) electrons. The summed E-state index contributed by atoms with van der Waals surface area (Å²) in [6.07, 6.45) is -3.61. The van der Waals surface area contributed by atoms with E-state index in [-0.39, 0.29) is 6.04 Å². The molecule has 3 N–H and O–H groups in total. The Bertz CT molecular complexity index is 201. The largest absolute Gasteiger partial charge is 0.405 e. The molecule has 7 heteroatoms. The van der Waals surface area contributed by atoms with Gasteiger partial charge in [-0.1, -0.05) is 0 Å². The second kappa shape index (κ2) is 4.50. The second-order valence-corrected chi connectivity index (χ2v) is 3.13. The van der Waals surface area contributed by atoms with Gasteiger partial charge in [-0.15, -0.1) is 0 Å². The number of amides is 2. The summed E-state index contributed by atoms with van der Waals surface area (Å²) in [5, 5.41) is 7.17. The number of carbonyl (C=O) groups excluding carboxylic acids is 1. The molecule has 4 nitrogen and oxygen atoms in total. The number of urea groups is 1. The standard InChI is InChI=1S/C7H12F3N3O/c8-7(9,10)4-12-6(14)13-5-1-2-11-3-5/h5,11H,1-4H2,(H2,12,13,14)/t5-/m0/s1. The smallest absolute Gasteiger partial charge is 0.334 e. The van der Waals surface area contributed by atoms with Crippen LogP contribution in [0, 0.1) is 0 Å². The van der Waals surface area contributed by atoms with Gasteiger partial charge < -0.3 is 16.0 Å². The minimum atomic E-state index is -4.36. The number of hydrogen-bond donors (Lipinski definition) is 3. The summed E-state index contributed by atoms with van der Waals surface area (Å²) in [5.41, 5.74) is 0. The number of carbonyl (C=O) groups is 1. The van der Waals surface area contributed by atoms with Crippen molar-refractivity contribution >= 4 is 6.03 Å². The summed E-state index contributed by atoms with van der Waals surface area (Å²) in [4.78, 5) is 10.9. The maximum atomic E-state index is 11.7. The van der Waals surface area contributed by atoms with Crippen LogP contribution in [0.5, 0.6) is 0 Å². The first kappa shape index (κ1) is 11.1. The zero-order chi connectivity index (χ0) is 10.6. The van der Waals surface area contributed by atoms with Gasteiger partial charge in [0.05, 0.1) is 0 Å². The van der Waals surface area contributed by atoms with Crippen molar-refractivity contribution < 1.29 is 18.0 Å². The van der Waals surface area contributed by atoms with E-state index in [0.717, 1.165) is 13.0 Å².